The van der Waals surface area contributed by atoms with Crippen LogP contribution < -0.4 is 6.15 Å². The van der Waals surface area contributed by atoms with Gasteiger partial charge < -0.3 is 0 Å². The molecule has 1 rings (SSSR count). The predicted molar refractivity (Wildman–Crippen MR) is 28.6 cm³/mol. The van der Waals surface area contributed by atoms with Crippen LogP contribution in [0, 0.1) is 0 Å². The first kappa shape index (κ1) is 6.18. The van der Waals surface area contributed by atoms with Crippen LogP contribution in [0.2, 0.25) is 0 Å². The lowest BCUT2D eigenvalue weighted by molar-refractivity contribution is 1.72. The van der Waals surface area contributed by atoms with E-state index in [2.05, 4.69) is 0 Å². The highest BCUT2D eigenvalue weighted by molar-refractivity contribution is 4.99. The first-order chi connectivity index (χ1) is 3.00. The molecule has 0 aromatic heterocycles. The van der Waals surface area contributed by atoms with E-state index in [9.17, 15) is 0 Å². The third-order valence-electron chi connectivity index (χ3n) is 0.667. The summed E-state index contributed by atoms with van der Waals surface area (Å²) in [7, 11) is 0. The van der Waals surface area contributed by atoms with Gasteiger partial charge in [-0.2, -0.15) is 0 Å². The SMILES string of the molecule is [N].c1ccccc1. The fourth-order valence-corrected chi connectivity index (χ4v) is 0.385. The molecule has 35 valence electrons. The van der Waals surface area contributed by atoms with Gasteiger partial charge in [0.05, 0.1) is 0 Å². The first-order valence-corrected chi connectivity index (χ1v) is 2.00. The molecular formula is C6H6N. The summed E-state index contributed by atoms with van der Waals surface area (Å²) >= 11 is 0. The minimum Gasteiger partial charge on any atom is -0.0623 e. The van der Waals surface area contributed by atoms with Gasteiger partial charge in [-0.1, -0.05) is 36.4 Å². The van der Waals surface area contributed by atoms with Gasteiger partial charge in [-0.25, -0.2) is 0 Å². The molecule has 7 heavy (non-hydrogen) atoms. The maximum Gasteiger partial charge on any atom is 0 e. The van der Waals surface area contributed by atoms with Gasteiger partial charge >= 0.3 is 0 Å². The molecule has 0 amide bonds. The summed E-state index contributed by atoms with van der Waals surface area (Å²) in [5.74, 6) is 0. The maximum atomic E-state index is 2.00. The van der Waals surface area contributed by atoms with Crippen molar-refractivity contribution in [1.29, 1.82) is 0 Å². The Hall–Kier alpha value is -0.820. The number of benzene rings is 1. The van der Waals surface area contributed by atoms with E-state index in [0.717, 1.165) is 0 Å². The van der Waals surface area contributed by atoms with Crippen molar-refractivity contribution in [2.24, 2.45) is 0 Å². The van der Waals surface area contributed by atoms with Crippen LogP contribution >= 0.6 is 0 Å². The van der Waals surface area contributed by atoms with E-state index >= 15 is 0 Å². The van der Waals surface area contributed by atoms with Crippen LogP contribution in [-0.4, -0.2) is 0 Å². The van der Waals surface area contributed by atoms with Crippen molar-refractivity contribution in [3.8, 4) is 0 Å². The van der Waals surface area contributed by atoms with Crippen molar-refractivity contribution in [2.75, 3.05) is 0 Å². The largest absolute Gasteiger partial charge is 0.0623 e. The number of hydrogen-bond acceptors (Lipinski definition) is 0. The molecule has 1 aromatic rings. The third-order valence-corrected chi connectivity index (χ3v) is 0.667. The summed E-state index contributed by atoms with van der Waals surface area (Å²) in [6.45, 7) is 0. The molecule has 1 heteroatoms. The number of hydrogen-bond donors (Lipinski definition) is 0. The summed E-state index contributed by atoms with van der Waals surface area (Å²) in [6.07, 6.45) is 0. The van der Waals surface area contributed by atoms with Crippen LogP contribution in [0.1, 0.15) is 0 Å². The van der Waals surface area contributed by atoms with Gasteiger partial charge in [-0.05, 0) is 0 Å². The van der Waals surface area contributed by atoms with E-state index in [1.54, 1.807) is 0 Å². The molecule has 1 nitrogen and oxygen atoms in total. The Labute approximate surface area is 43.6 Å². The third kappa shape index (κ3) is 1.95. The predicted octanol–water partition coefficient (Wildman–Crippen LogP) is 1.21. The van der Waals surface area contributed by atoms with Crippen LogP contribution in [0.4, 0.5) is 0 Å². The van der Waals surface area contributed by atoms with Gasteiger partial charge in [0.25, 0.3) is 0 Å². The van der Waals surface area contributed by atoms with Gasteiger partial charge in [0, 0.05) is 6.15 Å². The van der Waals surface area contributed by atoms with E-state index < -0.39 is 0 Å². The van der Waals surface area contributed by atoms with Crippen molar-refractivity contribution in [3.63, 3.8) is 0 Å². The lowest BCUT2D eigenvalue weighted by atomic mass is 10.4. The fraction of sp³-hybridized carbons (Fsp3) is 0. The standard InChI is InChI=1S/C6H6.N/c1-2-4-6-5-3-1;/h1-6H;. The van der Waals surface area contributed by atoms with Crippen molar-refractivity contribution < 1.29 is 0 Å². The molecule has 0 aliphatic rings. The highest BCUT2D eigenvalue weighted by Gasteiger charge is 1.57. The molecule has 0 fully saturated rings. The van der Waals surface area contributed by atoms with Crippen LogP contribution in [0.3, 0.4) is 0 Å². The van der Waals surface area contributed by atoms with Gasteiger partial charge in [-0.15, -0.1) is 0 Å². The molecule has 0 aliphatic heterocycles. The zero-order chi connectivity index (χ0) is 4.24. The Morgan fingerprint density at radius 2 is 0.571 bits per heavy atom. The van der Waals surface area contributed by atoms with E-state index in [-0.39, 0.29) is 6.15 Å². The molecule has 0 atom stereocenters. The maximum absolute atomic E-state index is 2.00. The minimum atomic E-state index is 0. The van der Waals surface area contributed by atoms with E-state index in [0.29, 0.717) is 0 Å². The molecule has 0 saturated carbocycles. The van der Waals surface area contributed by atoms with Gasteiger partial charge in [0.1, 0.15) is 0 Å². The zero-order valence-electron chi connectivity index (χ0n) is 3.91. The number of rotatable bonds is 0. The zero-order valence-corrected chi connectivity index (χ0v) is 3.91. The van der Waals surface area contributed by atoms with Gasteiger partial charge in [-0.3, -0.25) is 0 Å². The van der Waals surface area contributed by atoms with E-state index in [4.69, 9.17) is 0 Å². The Bertz CT molecular complexity index is 76.1. The molecular weight excluding hydrogens is 86.1 g/mol. The Morgan fingerprint density at radius 1 is 0.429 bits per heavy atom. The Morgan fingerprint density at radius 3 is 0.714 bits per heavy atom. The molecule has 0 bridgehead atoms. The van der Waals surface area contributed by atoms with Crippen molar-refractivity contribution >= 4 is 0 Å². The molecule has 3 radical (unpaired) electrons. The molecule has 1 aromatic carbocycles. The Balaban J connectivity index is 0.000000360. The lowest BCUT2D eigenvalue weighted by Crippen LogP contribution is -1.47. The normalized spacial score (nSPS) is 6.86. The summed E-state index contributed by atoms with van der Waals surface area (Å²) in [6, 6.07) is 12.0. The second-order valence-electron chi connectivity index (χ2n) is 1.15. The monoisotopic (exact) mass is 92.1 g/mol. The molecule has 0 unspecified atom stereocenters. The summed E-state index contributed by atoms with van der Waals surface area (Å²) in [5.41, 5.74) is 0. The van der Waals surface area contributed by atoms with E-state index in [1.807, 2.05) is 36.4 Å². The van der Waals surface area contributed by atoms with Crippen LogP contribution in [0.5, 0.6) is 0 Å². The van der Waals surface area contributed by atoms with Crippen LogP contribution in [-0.2, 0) is 0 Å². The van der Waals surface area contributed by atoms with E-state index in [1.165, 1.54) is 0 Å². The van der Waals surface area contributed by atoms with Crippen LogP contribution in [0.25, 0.3) is 0 Å². The smallest absolute Gasteiger partial charge is 0 e. The van der Waals surface area contributed by atoms with Crippen molar-refractivity contribution in [3.05, 3.63) is 36.4 Å². The fourth-order valence-electron chi connectivity index (χ4n) is 0.385. The van der Waals surface area contributed by atoms with Crippen LogP contribution in [0.15, 0.2) is 36.4 Å². The number of nitrogens with zero attached hydrogens (tertiary/aromatic N) is 1. The summed E-state index contributed by atoms with van der Waals surface area (Å²) < 4.78 is 0. The minimum absolute atomic E-state index is 0. The highest BCUT2D eigenvalue weighted by Crippen LogP contribution is 1.79. The van der Waals surface area contributed by atoms with Gasteiger partial charge in [0.2, 0.25) is 0 Å². The average molecular weight is 92.1 g/mol. The molecule has 0 spiro atoms. The van der Waals surface area contributed by atoms with Gasteiger partial charge in [0.15, 0.2) is 0 Å². The molecule has 0 saturated heterocycles. The summed E-state index contributed by atoms with van der Waals surface area (Å²) in [4.78, 5) is 0. The summed E-state index contributed by atoms with van der Waals surface area (Å²) in [5, 5.41) is 0. The average Bonchev–Trinajstić information content (AvgIpc) is 1.72. The second-order valence-corrected chi connectivity index (χ2v) is 1.15. The molecule has 0 N–H and O–H groups in total. The van der Waals surface area contributed by atoms with Crippen molar-refractivity contribution in [2.45, 2.75) is 0 Å². The second kappa shape index (κ2) is 3.37. The first-order valence-electron chi connectivity index (χ1n) is 2.00. The quantitative estimate of drug-likeness (QED) is 0.460. The van der Waals surface area contributed by atoms with Crippen molar-refractivity contribution in [1.82, 2.24) is 6.15 Å². The Kier molecular flexibility index (Phi) is 2.98. The lowest BCUT2D eigenvalue weighted by Gasteiger charge is -1.69. The molecule has 0 aliphatic carbocycles. The highest BCUT2D eigenvalue weighted by atomic mass is 14.0. The molecule has 0 heterocycles. The topological polar surface area (TPSA) is 30.5 Å².